The van der Waals surface area contributed by atoms with Crippen LogP contribution >= 0.6 is 0 Å². The third-order valence-corrected chi connectivity index (χ3v) is 56.6. The van der Waals surface area contributed by atoms with Gasteiger partial charge in [-0.05, 0) is 0 Å². The Hall–Kier alpha value is -0.690. The molecule has 0 amide bonds. The Labute approximate surface area is 174 Å². The van der Waals surface area contributed by atoms with E-state index < -0.39 is 12.6 Å². The number of hydrogen-bond acceptors (Lipinski definition) is 0. The summed E-state index contributed by atoms with van der Waals surface area (Å²) in [6.07, 6.45) is 19.7. The zero-order valence-electron chi connectivity index (χ0n) is 21.5. The molecule has 0 fully saturated rings. The molecule has 0 aliphatic heterocycles. The van der Waals surface area contributed by atoms with Crippen LogP contribution in [0.15, 0.2) is 42.5 Å². The van der Waals surface area contributed by atoms with Gasteiger partial charge in [-0.25, -0.2) is 0 Å². The minimum atomic E-state index is -5.66. The molecule has 0 spiro atoms. The summed E-state index contributed by atoms with van der Waals surface area (Å²) < 4.78 is 19.6. The van der Waals surface area contributed by atoms with E-state index in [1.54, 1.807) is 16.7 Å². The van der Waals surface area contributed by atoms with Crippen molar-refractivity contribution >= 4 is 6.08 Å². The standard InChI is InChI=1S/C17H21.C5H5.7CH3.Hf/c1-17(2,3)11-15-8-7-14-9-12-5-4-6-13(12)10-16(14)15;1-2-4-5-3-1;;;;;;;;/h7-10H,4-6,11H2,1-3H3;1-5H;7*1H3;. The second kappa shape index (κ2) is 3.82. The second-order valence-corrected chi connectivity index (χ2v) is 132. The van der Waals surface area contributed by atoms with Gasteiger partial charge in [0.25, 0.3) is 0 Å². The summed E-state index contributed by atoms with van der Waals surface area (Å²) in [5, 5.41) is 0. The van der Waals surface area contributed by atoms with Gasteiger partial charge in [-0.2, -0.15) is 0 Å². The van der Waals surface area contributed by atoms with E-state index in [1.807, 2.05) is 0 Å². The summed E-state index contributed by atoms with van der Waals surface area (Å²) in [5.41, 5.74) is 6.47. The predicted molar refractivity (Wildman–Crippen MR) is 136 cm³/mol. The molecule has 30 heavy (non-hydrogen) atoms. The van der Waals surface area contributed by atoms with Crippen LogP contribution < -0.4 is 0 Å². The number of benzene rings is 1. The summed E-state index contributed by atoms with van der Waals surface area (Å²) in [6.45, 7) is 7.31. The van der Waals surface area contributed by atoms with Crippen LogP contribution in [0.4, 0.5) is 0 Å². The number of allylic oxidation sites excluding steroid dienone is 5. The van der Waals surface area contributed by atoms with Crippen molar-refractivity contribution in [1.29, 1.82) is 0 Å². The Morgan fingerprint density at radius 1 is 0.867 bits per heavy atom. The number of hydrogen-bond donors (Lipinski definition) is 0. The third kappa shape index (κ3) is 2.54. The van der Waals surface area contributed by atoms with Crippen LogP contribution in [0.1, 0.15) is 55.9 Å². The fraction of sp³-hybridized carbons (Fsp3) is 0.586. The van der Waals surface area contributed by atoms with E-state index in [-0.39, 0.29) is 8.59 Å². The zero-order chi connectivity index (χ0) is 22.7. The van der Waals surface area contributed by atoms with Gasteiger partial charge in [0.05, 0.1) is 0 Å². The van der Waals surface area contributed by atoms with Gasteiger partial charge in [0.2, 0.25) is 0 Å². The predicted octanol–water partition coefficient (Wildman–Crippen LogP) is 9.92. The van der Waals surface area contributed by atoms with Crippen molar-refractivity contribution in [3.05, 3.63) is 64.8 Å². The molecule has 1 atom stereocenters. The monoisotopic (exact) mass is 575 g/mol. The van der Waals surface area contributed by atoms with Crippen LogP contribution in [0.3, 0.4) is 0 Å². The van der Waals surface area contributed by atoms with E-state index in [0.717, 1.165) is 6.42 Å². The van der Waals surface area contributed by atoms with Crippen molar-refractivity contribution < 1.29 is 12.6 Å². The topological polar surface area (TPSA) is 0 Å². The van der Waals surface area contributed by atoms with Crippen LogP contribution in [0, 0.1) is 5.41 Å². The van der Waals surface area contributed by atoms with Gasteiger partial charge in [0.15, 0.2) is 0 Å². The van der Waals surface area contributed by atoms with Crippen LogP contribution in [0.2, 0.25) is 36.4 Å². The Morgan fingerprint density at radius 3 is 1.93 bits per heavy atom. The first-order chi connectivity index (χ1) is 12.9. The molecule has 1 unspecified atom stereocenters. The quantitative estimate of drug-likeness (QED) is 0.316. The molecule has 1 aromatic rings. The van der Waals surface area contributed by atoms with Crippen molar-refractivity contribution in [1.82, 2.24) is 0 Å². The normalized spacial score (nSPS) is 30.5. The molecule has 0 aromatic heterocycles. The van der Waals surface area contributed by atoms with Crippen molar-refractivity contribution in [2.24, 2.45) is 5.41 Å². The van der Waals surface area contributed by atoms with Gasteiger partial charge < -0.3 is 0 Å². The SMILES string of the molecule is CC(C)(C)C[C]1([Hf]([CH3])([CH3])([CH3])([CH3])([CH3])([CH3])([CH3])[CH]2C=CC=C2)C=Cc2cc3c(cc21)CCC3. The zero-order valence-corrected chi connectivity index (χ0v) is 25.1. The summed E-state index contributed by atoms with van der Waals surface area (Å²) >= 11 is -5.66. The summed E-state index contributed by atoms with van der Waals surface area (Å²) in [4.78, 5) is 0. The Balaban J connectivity index is 2.25. The molecule has 4 rings (SSSR count). The Morgan fingerprint density at radius 2 is 1.40 bits per heavy atom. The Bertz CT molecular complexity index is 1110. The van der Waals surface area contributed by atoms with E-state index in [1.165, 1.54) is 24.8 Å². The fourth-order valence-corrected chi connectivity index (χ4v) is 40.9. The molecule has 0 bridgehead atoms. The van der Waals surface area contributed by atoms with Gasteiger partial charge in [-0.3, -0.25) is 0 Å². The van der Waals surface area contributed by atoms with E-state index >= 15 is 0 Å². The first-order valence-electron chi connectivity index (χ1n) is 12.4. The molecule has 0 heterocycles. The molecule has 3 aliphatic carbocycles. The molecule has 1 aromatic carbocycles. The van der Waals surface area contributed by atoms with E-state index in [0.29, 0.717) is 3.67 Å². The minimum absolute atomic E-state index is 0.0452. The number of aryl methyl sites for hydroxylation is 2. The first kappa shape index (κ1) is 22.5. The van der Waals surface area contributed by atoms with Crippen molar-refractivity contribution in [3.63, 3.8) is 0 Å². The molecule has 0 nitrogen and oxygen atoms in total. The molecule has 0 saturated heterocycles. The molecule has 0 radical (unpaired) electrons. The van der Waals surface area contributed by atoms with Crippen molar-refractivity contribution in [2.45, 2.75) is 86.1 Å². The maximum atomic E-state index is 2.75. The van der Waals surface area contributed by atoms with Crippen LogP contribution in [0.25, 0.3) is 6.08 Å². The Kier molecular flexibility index (Phi) is 2.87. The molecular weight excluding hydrogens is 527 g/mol. The molecule has 1 heteroatoms. The van der Waals surface area contributed by atoms with Gasteiger partial charge in [-0.1, -0.05) is 0 Å². The third-order valence-electron chi connectivity index (χ3n) is 10.7. The number of fused-ring (bicyclic) bond motifs is 2. The van der Waals surface area contributed by atoms with Gasteiger partial charge in [0, 0.05) is 0 Å². The van der Waals surface area contributed by atoms with Crippen LogP contribution in [-0.4, -0.2) is 0 Å². The average Bonchev–Trinajstić information content (AvgIpc) is 3.21. The maximum absolute atomic E-state index is 5.66. The van der Waals surface area contributed by atoms with Crippen molar-refractivity contribution in [2.75, 3.05) is 0 Å². The summed E-state index contributed by atoms with van der Waals surface area (Å²) in [5.74, 6) is 0. The first-order valence-corrected chi connectivity index (χ1v) is 41.5. The summed E-state index contributed by atoms with van der Waals surface area (Å²) in [7, 11) is 0. The fourth-order valence-electron chi connectivity index (χ4n) is 7.97. The molecule has 0 saturated carbocycles. The molecule has 0 N–H and O–H groups in total. The number of rotatable bonds is 3. The second-order valence-electron chi connectivity index (χ2n) is 22.8. The van der Waals surface area contributed by atoms with E-state index in [2.05, 4.69) is 102 Å². The molecule has 167 valence electrons. The van der Waals surface area contributed by atoms with Gasteiger partial charge in [-0.15, -0.1) is 0 Å². The average molecular weight is 574 g/mol. The summed E-state index contributed by atoms with van der Waals surface area (Å²) in [6, 6.07) is 5.18. The van der Waals surface area contributed by atoms with Crippen molar-refractivity contribution in [3.8, 4) is 0 Å². The van der Waals surface area contributed by atoms with Crippen LogP contribution in [-0.2, 0) is 28.6 Å². The van der Waals surface area contributed by atoms with E-state index in [9.17, 15) is 0 Å². The van der Waals surface area contributed by atoms with Gasteiger partial charge >= 0.3 is 175 Å². The molecular formula is C29H47Hf. The molecule has 3 aliphatic rings. The van der Waals surface area contributed by atoms with E-state index in [4.69, 9.17) is 0 Å². The van der Waals surface area contributed by atoms with Gasteiger partial charge in [0.1, 0.15) is 0 Å². The van der Waals surface area contributed by atoms with Crippen LogP contribution in [0.5, 0.6) is 0 Å².